The van der Waals surface area contributed by atoms with Gasteiger partial charge in [0.15, 0.2) is 0 Å². The zero-order chi connectivity index (χ0) is 12.8. The summed E-state index contributed by atoms with van der Waals surface area (Å²) in [5, 5.41) is 0.853. The fraction of sp³-hybridized carbons (Fsp3) is 0.786. The molecule has 0 saturated carbocycles. The van der Waals surface area contributed by atoms with Crippen LogP contribution in [-0.4, -0.2) is 24.6 Å². The second kappa shape index (κ2) is 6.90. The molecule has 2 rings (SSSR count). The van der Waals surface area contributed by atoms with Crippen molar-refractivity contribution in [3.63, 3.8) is 0 Å². The minimum atomic E-state index is 0.385. The zero-order valence-electron chi connectivity index (χ0n) is 11.5. The molecule has 0 aliphatic carbocycles. The summed E-state index contributed by atoms with van der Waals surface area (Å²) in [5.41, 5.74) is 0. The van der Waals surface area contributed by atoms with Gasteiger partial charge in [-0.15, -0.1) is 23.5 Å². The highest BCUT2D eigenvalue weighted by Gasteiger charge is 2.37. The average molecular weight is 284 g/mol. The van der Waals surface area contributed by atoms with E-state index in [0.29, 0.717) is 4.08 Å². The van der Waals surface area contributed by atoms with Crippen molar-refractivity contribution in [2.24, 2.45) is 0 Å². The number of imidazole rings is 1. The Balaban J connectivity index is 2.06. The minimum Gasteiger partial charge on any atom is -0.335 e. The second-order valence-electron chi connectivity index (χ2n) is 5.03. The van der Waals surface area contributed by atoms with Crippen LogP contribution in [0.4, 0.5) is 0 Å². The fourth-order valence-electron chi connectivity index (χ4n) is 2.46. The van der Waals surface area contributed by atoms with Crippen molar-refractivity contribution in [2.45, 2.75) is 61.8 Å². The summed E-state index contributed by atoms with van der Waals surface area (Å²) in [6.07, 6.45) is 12.6. The summed E-state index contributed by atoms with van der Waals surface area (Å²) in [6.45, 7) is 5.73. The molecule has 102 valence electrons. The predicted molar refractivity (Wildman–Crippen MR) is 83.2 cm³/mol. The lowest BCUT2D eigenvalue weighted by Crippen LogP contribution is -2.33. The summed E-state index contributed by atoms with van der Waals surface area (Å²) < 4.78 is 2.64. The standard InChI is InChI=1S/C14H24N2S2/c1-3-5-7-14(11-16-9-8-15-12-16)17-10-6-13(4-2)18-14/h8-9,12-13H,3-7,10-11H2,1-2H3. The van der Waals surface area contributed by atoms with E-state index in [1.807, 2.05) is 12.5 Å². The van der Waals surface area contributed by atoms with Crippen LogP contribution in [0.1, 0.15) is 46.0 Å². The van der Waals surface area contributed by atoms with Gasteiger partial charge in [-0.2, -0.15) is 0 Å². The van der Waals surface area contributed by atoms with Gasteiger partial charge >= 0.3 is 0 Å². The fourth-order valence-corrected chi connectivity index (χ4v) is 6.34. The molecule has 2 unspecified atom stereocenters. The first kappa shape index (κ1) is 14.3. The molecule has 0 spiro atoms. The maximum atomic E-state index is 4.18. The topological polar surface area (TPSA) is 17.8 Å². The van der Waals surface area contributed by atoms with Crippen molar-refractivity contribution in [3.8, 4) is 0 Å². The van der Waals surface area contributed by atoms with E-state index in [4.69, 9.17) is 0 Å². The number of unbranched alkanes of at least 4 members (excludes halogenated alkanes) is 1. The molecule has 2 atom stereocenters. The number of hydrogen-bond acceptors (Lipinski definition) is 3. The highest BCUT2D eigenvalue weighted by Crippen LogP contribution is 2.50. The van der Waals surface area contributed by atoms with E-state index in [-0.39, 0.29) is 0 Å². The molecule has 18 heavy (non-hydrogen) atoms. The third-order valence-electron chi connectivity index (χ3n) is 3.54. The number of thioether (sulfide) groups is 2. The number of aromatic nitrogens is 2. The number of rotatable bonds is 6. The van der Waals surface area contributed by atoms with Crippen LogP contribution in [0.3, 0.4) is 0 Å². The molecular weight excluding hydrogens is 260 g/mol. The minimum absolute atomic E-state index is 0.385. The largest absolute Gasteiger partial charge is 0.335 e. The molecule has 2 heterocycles. The Labute approximate surface area is 119 Å². The van der Waals surface area contributed by atoms with Crippen LogP contribution >= 0.6 is 23.5 Å². The number of hydrogen-bond donors (Lipinski definition) is 0. The normalized spacial score (nSPS) is 28.4. The number of nitrogens with zero attached hydrogens (tertiary/aromatic N) is 2. The highest BCUT2D eigenvalue weighted by atomic mass is 32.2. The molecule has 0 aromatic carbocycles. The van der Waals surface area contributed by atoms with E-state index in [9.17, 15) is 0 Å². The monoisotopic (exact) mass is 284 g/mol. The molecule has 1 saturated heterocycles. The highest BCUT2D eigenvalue weighted by molar-refractivity contribution is 8.19. The van der Waals surface area contributed by atoms with Crippen LogP contribution in [0.5, 0.6) is 0 Å². The quantitative estimate of drug-likeness (QED) is 0.770. The van der Waals surface area contributed by atoms with Gasteiger partial charge in [0.2, 0.25) is 0 Å². The summed E-state index contributed by atoms with van der Waals surface area (Å²) in [6, 6.07) is 0. The second-order valence-corrected chi connectivity index (χ2v) is 8.46. The van der Waals surface area contributed by atoms with Crippen molar-refractivity contribution < 1.29 is 0 Å². The first-order chi connectivity index (χ1) is 8.78. The molecular formula is C14H24N2S2. The van der Waals surface area contributed by atoms with Gasteiger partial charge in [-0.05, 0) is 25.0 Å². The lowest BCUT2D eigenvalue weighted by atomic mass is 10.2. The van der Waals surface area contributed by atoms with Crippen molar-refractivity contribution in [1.82, 2.24) is 9.55 Å². The maximum absolute atomic E-state index is 4.18. The Morgan fingerprint density at radius 1 is 1.44 bits per heavy atom. The van der Waals surface area contributed by atoms with Crippen LogP contribution in [0.25, 0.3) is 0 Å². The predicted octanol–water partition coefficient (Wildman–Crippen LogP) is 4.42. The molecule has 1 aliphatic heterocycles. The van der Waals surface area contributed by atoms with Crippen molar-refractivity contribution in [1.29, 1.82) is 0 Å². The zero-order valence-corrected chi connectivity index (χ0v) is 13.1. The van der Waals surface area contributed by atoms with E-state index in [1.54, 1.807) is 0 Å². The first-order valence-electron chi connectivity index (χ1n) is 7.05. The molecule has 0 N–H and O–H groups in total. The van der Waals surface area contributed by atoms with Crippen LogP contribution in [0.2, 0.25) is 0 Å². The summed E-state index contributed by atoms with van der Waals surface area (Å²) in [5.74, 6) is 1.32. The van der Waals surface area contributed by atoms with E-state index in [0.717, 1.165) is 11.8 Å². The van der Waals surface area contributed by atoms with Gasteiger partial charge in [0.25, 0.3) is 0 Å². The van der Waals surface area contributed by atoms with Gasteiger partial charge < -0.3 is 4.57 Å². The Hall–Kier alpha value is -0.0900. The lowest BCUT2D eigenvalue weighted by Gasteiger charge is -2.40. The Kier molecular flexibility index (Phi) is 5.49. The molecule has 1 aromatic heterocycles. The Bertz CT molecular complexity index is 340. The molecule has 4 heteroatoms. The smallest absolute Gasteiger partial charge is 0.0946 e. The van der Waals surface area contributed by atoms with Gasteiger partial charge in [0, 0.05) is 24.2 Å². The molecule has 2 nitrogen and oxygen atoms in total. The van der Waals surface area contributed by atoms with Crippen LogP contribution < -0.4 is 0 Å². The van der Waals surface area contributed by atoms with Gasteiger partial charge in [-0.3, -0.25) is 0 Å². The van der Waals surface area contributed by atoms with Gasteiger partial charge in [-0.1, -0.05) is 26.7 Å². The molecule has 1 aromatic rings. The third kappa shape index (κ3) is 3.70. The SMILES string of the molecule is CCCCC1(Cn2ccnc2)SCCC(CC)S1. The Morgan fingerprint density at radius 2 is 2.33 bits per heavy atom. The summed E-state index contributed by atoms with van der Waals surface area (Å²) in [4.78, 5) is 4.18. The lowest BCUT2D eigenvalue weighted by molar-refractivity contribution is 0.555. The van der Waals surface area contributed by atoms with Gasteiger partial charge in [0.05, 0.1) is 10.4 Å². The van der Waals surface area contributed by atoms with Gasteiger partial charge in [-0.25, -0.2) is 4.98 Å². The van der Waals surface area contributed by atoms with Crippen molar-refractivity contribution in [2.75, 3.05) is 5.75 Å². The van der Waals surface area contributed by atoms with Crippen LogP contribution in [-0.2, 0) is 6.54 Å². The first-order valence-corrected chi connectivity index (χ1v) is 8.92. The summed E-state index contributed by atoms with van der Waals surface area (Å²) >= 11 is 4.41. The van der Waals surface area contributed by atoms with E-state index in [2.05, 4.69) is 53.1 Å². The molecule has 1 fully saturated rings. The van der Waals surface area contributed by atoms with Crippen molar-refractivity contribution >= 4 is 23.5 Å². The molecule has 0 bridgehead atoms. The van der Waals surface area contributed by atoms with E-state index in [1.165, 1.54) is 37.9 Å². The Morgan fingerprint density at radius 3 is 3.00 bits per heavy atom. The van der Waals surface area contributed by atoms with E-state index < -0.39 is 0 Å². The third-order valence-corrected chi connectivity index (χ3v) is 7.14. The summed E-state index contributed by atoms with van der Waals surface area (Å²) in [7, 11) is 0. The molecule has 0 radical (unpaired) electrons. The maximum Gasteiger partial charge on any atom is 0.0946 e. The molecule has 1 aliphatic rings. The molecule has 0 amide bonds. The van der Waals surface area contributed by atoms with Crippen molar-refractivity contribution in [3.05, 3.63) is 18.7 Å². The van der Waals surface area contributed by atoms with E-state index >= 15 is 0 Å². The average Bonchev–Trinajstić information content (AvgIpc) is 2.89. The van der Waals surface area contributed by atoms with Gasteiger partial charge in [0.1, 0.15) is 0 Å². The van der Waals surface area contributed by atoms with Crippen LogP contribution in [0, 0.1) is 0 Å². The van der Waals surface area contributed by atoms with Crippen LogP contribution in [0.15, 0.2) is 18.7 Å².